The molecule has 2 heterocycles. The van der Waals surface area contributed by atoms with Gasteiger partial charge in [0.05, 0.1) is 30.6 Å². The Kier molecular flexibility index (Phi) is 4.81. The molecule has 1 aliphatic rings. The molecule has 7 heteroatoms. The van der Waals surface area contributed by atoms with Crippen molar-refractivity contribution in [3.8, 4) is 5.75 Å². The van der Waals surface area contributed by atoms with Crippen molar-refractivity contribution in [3.05, 3.63) is 58.5 Å². The van der Waals surface area contributed by atoms with E-state index in [4.69, 9.17) is 10.5 Å². The van der Waals surface area contributed by atoms with Gasteiger partial charge in [-0.15, -0.1) is 0 Å². The summed E-state index contributed by atoms with van der Waals surface area (Å²) in [5.41, 5.74) is 8.84. The number of nitrogens with zero attached hydrogens (tertiary/aromatic N) is 2. The Hall–Kier alpha value is -3.22. The number of carbonyl (C=O) groups is 1. The minimum absolute atomic E-state index is 0.0605. The number of piperidine rings is 1. The lowest BCUT2D eigenvalue weighted by atomic mass is 10.0. The first kappa shape index (κ1) is 18.2. The minimum Gasteiger partial charge on any atom is -0.497 e. The van der Waals surface area contributed by atoms with E-state index in [1.807, 2.05) is 41.3 Å². The van der Waals surface area contributed by atoms with Crippen LogP contribution in [0.5, 0.6) is 5.75 Å². The quantitative estimate of drug-likeness (QED) is 0.680. The lowest BCUT2D eigenvalue weighted by molar-refractivity contribution is -0.132. The van der Waals surface area contributed by atoms with Crippen molar-refractivity contribution >= 4 is 22.6 Å². The molecule has 1 atom stereocenters. The maximum Gasteiger partial charge on any atom is 0.326 e. The number of hydrogen-bond donors (Lipinski definition) is 2. The maximum atomic E-state index is 12.9. The van der Waals surface area contributed by atoms with Crippen LogP contribution in [-0.2, 0) is 11.2 Å². The van der Waals surface area contributed by atoms with Crippen molar-refractivity contribution in [1.82, 2.24) is 14.5 Å². The highest BCUT2D eigenvalue weighted by Gasteiger charge is 2.27. The minimum atomic E-state index is -0.160. The molecule has 1 aliphatic heterocycles. The number of benzene rings is 2. The number of nitrogens with one attached hydrogen (secondary N) is 1. The van der Waals surface area contributed by atoms with E-state index in [1.165, 1.54) is 0 Å². The third kappa shape index (κ3) is 3.47. The van der Waals surface area contributed by atoms with Crippen molar-refractivity contribution in [1.29, 1.82) is 0 Å². The number of rotatable bonds is 4. The second kappa shape index (κ2) is 7.42. The zero-order valence-corrected chi connectivity index (χ0v) is 15.9. The number of imidazole rings is 1. The molecule has 146 valence electrons. The molecular weight excluding hydrogens is 356 g/mol. The van der Waals surface area contributed by atoms with Gasteiger partial charge in [-0.25, -0.2) is 4.79 Å². The summed E-state index contributed by atoms with van der Waals surface area (Å²) in [6.07, 6.45) is 2.03. The molecule has 0 radical (unpaired) electrons. The standard InChI is InChI=1S/C21H24N4O3/c1-28-17-6-2-4-14(10-17)11-20(26)24-9-3-5-16(13-24)25-19-12-15(22)7-8-18(19)23-21(25)27/h2,4,6-8,10,12,16H,3,5,9,11,13,22H2,1H3,(H,23,27). The number of nitrogen functional groups attached to an aromatic ring is 1. The summed E-state index contributed by atoms with van der Waals surface area (Å²) in [6, 6.07) is 12.9. The first-order chi connectivity index (χ1) is 13.5. The van der Waals surface area contributed by atoms with Crippen LogP contribution in [0.1, 0.15) is 24.4 Å². The Balaban J connectivity index is 1.55. The smallest absolute Gasteiger partial charge is 0.326 e. The molecule has 1 amide bonds. The van der Waals surface area contributed by atoms with Gasteiger partial charge in [0.2, 0.25) is 5.91 Å². The van der Waals surface area contributed by atoms with Crippen LogP contribution in [-0.4, -0.2) is 40.6 Å². The van der Waals surface area contributed by atoms with Crippen LogP contribution in [0.3, 0.4) is 0 Å². The van der Waals surface area contributed by atoms with Crippen LogP contribution in [0.2, 0.25) is 0 Å². The molecule has 0 spiro atoms. The summed E-state index contributed by atoms with van der Waals surface area (Å²) in [4.78, 5) is 30.1. The van der Waals surface area contributed by atoms with Crippen LogP contribution in [0.15, 0.2) is 47.3 Å². The fourth-order valence-electron chi connectivity index (χ4n) is 3.96. The van der Waals surface area contributed by atoms with Crippen molar-refractivity contribution in [2.24, 2.45) is 0 Å². The number of anilines is 1. The van der Waals surface area contributed by atoms with E-state index >= 15 is 0 Å². The summed E-state index contributed by atoms with van der Waals surface area (Å²) in [5.74, 6) is 0.801. The van der Waals surface area contributed by atoms with Gasteiger partial charge in [-0.05, 0) is 48.7 Å². The number of amides is 1. The van der Waals surface area contributed by atoms with E-state index in [1.54, 1.807) is 17.7 Å². The highest BCUT2D eigenvalue weighted by Crippen LogP contribution is 2.25. The third-order valence-corrected chi connectivity index (χ3v) is 5.35. The van der Waals surface area contributed by atoms with E-state index < -0.39 is 0 Å². The number of hydrogen-bond acceptors (Lipinski definition) is 4. The van der Waals surface area contributed by atoms with Crippen molar-refractivity contribution < 1.29 is 9.53 Å². The van der Waals surface area contributed by atoms with Gasteiger partial charge in [-0.1, -0.05) is 12.1 Å². The van der Waals surface area contributed by atoms with E-state index in [0.717, 1.165) is 35.2 Å². The van der Waals surface area contributed by atoms with Crippen LogP contribution in [0, 0.1) is 0 Å². The fraction of sp³-hybridized carbons (Fsp3) is 0.333. The monoisotopic (exact) mass is 380 g/mol. The third-order valence-electron chi connectivity index (χ3n) is 5.35. The highest BCUT2D eigenvalue weighted by molar-refractivity contribution is 5.80. The van der Waals surface area contributed by atoms with Crippen LogP contribution in [0.4, 0.5) is 5.69 Å². The molecule has 3 aromatic rings. The lowest BCUT2D eigenvalue weighted by Crippen LogP contribution is -2.43. The Morgan fingerprint density at radius 3 is 2.96 bits per heavy atom. The molecule has 1 unspecified atom stereocenters. The van der Waals surface area contributed by atoms with Gasteiger partial charge in [0.25, 0.3) is 0 Å². The highest BCUT2D eigenvalue weighted by atomic mass is 16.5. The topological polar surface area (TPSA) is 93.3 Å². The Morgan fingerprint density at radius 1 is 1.29 bits per heavy atom. The number of fused-ring (bicyclic) bond motifs is 1. The maximum absolute atomic E-state index is 12.9. The zero-order valence-electron chi connectivity index (χ0n) is 15.9. The normalized spacial score (nSPS) is 17.0. The summed E-state index contributed by atoms with van der Waals surface area (Å²) in [5, 5.41) is 0. The predicted octanol–water partition coefficient (Wildman–Crippen LogP) is 2.33. The van der Waals surface area contributed by atoms with Gasteiger partial charge < -0.3 is 20.4 Å². The number of ether oxygens (including phenoxy) is 1. The lowest BCUT2D eigenvalue weighted by Gasteiger charge is -2.33. The largest absolute Gasteiger partial charge is 0.497 e. The Morgan fingerprint density at radius 2 is 2.14 bits per heavy atom. The van der Waals surface area contributed by atoms with Gasteiger partial charge in [0.15, 0.2) is 0 Å². The first-order valence-corrected chi connectivity index (χ1v) is 9.45. The molecule has 0 saturated carbocycles. The van der Waals surface area contributed by atoms with E-state index in [0.29, 0.717) is 25.2 Å². The molecule has 1 saturated heterocycles. The number of aromatic amines is 1. The number of carbonyl (C=O) groups excluding carboxylic acids is 1. The zero-order chi connectivity index (χ0) is 19.7. The molecule has 28 heavy (non-hydrogen) atoms. The molecule has 0 aliphatic carbocycles. The second-order valence-corrected chi connectivity index (χ2v) is 7.24. The van der Waals surface area contributed by atoms with E-state index in [2.05, 4.69) is 4.98 Å². The predicted molar refractivity (Wildman–Crippen MR) is 109 cm³/mol. The SMILES string of the molecule is COc1cccc(CC(=O)N2CCCC(n3c(=O)[nH]c4ccc(N)cc43)C2)c1. The molecule has 0 bridgehead atoms. The summed E-state index contributed by atoms with van der Waals surface area (Å²) in [6.45, 7) is 1.23. The summed E-state index contributed by atoms with van der Waals surface area (Å²) < 4.78 is 6.98. The van der Waals surface area contributed by atoms with Crippen LogP contribution in [0.25, 0.3) is 11.0 Å². The van der Waals surface area contributed by atoms with Gasteiger partial charge in [-0.3, -0.25) is 9.36 Å². The summed E-state index contributed by atoms with van der Waals surface area (Å²) in [7, 11) is 1.61. The average molecular weight is 380 g/mol. The van der Waals surface area contributed by atoms with Gasteiger partial charge in [0, 0.05) is 18.8 Å². The molecule has 7 nitrogen and oxygen atoms in total. The van der Waals surface area contributed by atoms with Crippen molar-refractivity contribution in [3.63, 3.8) is 0 Å². The van der Waals surface area contributed by atoms with Crippen LogP contribution >= 0.6 is 0 Å². The molecule has 3 N–H and O–H groups in total. The number of methoxy groups -OCH3 is 1. The number of H-pyrrole nitrogens is 1. The van der Waals surface area contributed by atoms with Crippen LogP contribution < -0.4 is 16.2 Å². The van der Waals surface area contributed by atoms with Crippen molar-refractivity contribution in [2.75, 3.05) is 25.9 Å². The van der Waals surface area contributed by atoms with Crippen molar-refractivity contribution in [2.45, 2.75) is 25.3 Å². The Bertz CT molecular complexity index is 1070. The molecule has 2 aromatic carbocycles. The van der Waals surface area contributed by atoms with E-state index in [-0.39, 0.29) is 17.6 Å². The molecule has 1 fully saturated rings. The molecule has 1 aromatic heterocycles. The number of nitrogens with two attached hydrogens (primary N) is 1. The molecule has 4 rings (SSSR count). The second-order valence-electron chi connectivity index (χ2n) is 7.24. The fourth-order valence-corrected chi connectivity index (χ4v) is 3.96. The first-order valence-electron chi connectivity index (χ1n) is 9.45. The number of aromatic nitrogens is 2. The Labute approximate surface area is 162 Å². The summed E-state index contributed by atoms with van der Waals surface area (Å²) >= 11 is 0. The molecular formula is C21H24N4O3. The van der Waals surface area contributed by atoms with Gasteiger partial charge in [-0.2, -0.15) is 0 Å². The van der Waals surface area contributed by atoms with Gasteiger partial charge in [0.1, 0.15) is 5.75 Å². The average Bonchev–Trinajstić information content (AvgIpc) is 3.03. The van der Waals surface area contributed by atoms with E-state index in [9.17, 15) is 9.59 Å². The van der Waals surface area contributed by atoms with Gasteiger partial charge >= 0.3 is 5.69 Å². The number of likely N-dealkylation sites (tertiary alicyclic amines) is 1.